The molecule has 0 atom stereocenters. The summed E-state index contributed by atoms with van der Waals surface area (Å²) in [5.41, 5.74) is 0.737. The standard InChI is InChI=1S/C13H17ClO2/c1-2-16-10-4-3-5-13(15)11-6-8-12(14)9-7-11/h6-9H,2-5,10H2,1H3. The molecule has 0 heterocycles. The van der Waals surface area contributed by atoms with Crippen molar-refractivity contribution in [3.05, 3.63) is 34.9 Å². The fourth-order valence-corrected chi connectivity index (χ4v) is 1.54. The highest BCUT2D eigenvalue weighted by Crippen LogP contribution is 2.12. The van der Waals surface area contributed by atoms with Gasteiger partial charge in [-0.25, -0.2) is 0 Å². The maximum atomic E-state index is 11.7. The van der Waals surface area contributed by atoms with Gasteiger partial charge >= 0.3 is 0 Å². The van der Waals surface area contributed by atoms with Gasteiger partial charge in [0.25, 0.3) is 0 Å². The number of unbranched alkanes of at least 4 members (excludes halogenated alkanes) is 1. The Bertz CT molecular complexity index is 319. The molecule has 0 aliphatic heterocycles. The summed E-state index contributed by atoms with van der Waals surface area (Å²) >= 11 is 5.75. The van der Waals surface area contributed by atoms with Crippen LogP contribution in [0.5, 0.6) is 0 Å². The van der Waals surface area contributed by atoms with Gasteiger partial charge in [-0.1, -0.05) is 11.6 Å². The maximum absolute atomic E-state index is 11.7. The molecule has 3 heteroatoms. The molecule has 0 saturated carbocycles. The van der Waals surface area contributed by atoms with Gasteiger partial charge in [-0.15, -0.1) is 0 Å². The third-order valence-electron chi connectivity index (χ3n) is 2.31. The van der Waals surface area contributed by atoms with Gasteiger partial charge in [0, 0.05) is 30.2 Å². The van der Waals surface area contributed by atoms with E-state index in [9.17, 15) is 4.79 Å². The monoisotopic (exact) mass is 240 g/mol. The predicted molar refractivity (Wildman–Crippen MR) is 66.1 cm³/mol. The number of hydrogen-bond donors (Lipinski definition) is 0. The Morgan fingerprint density at radius 3 is 2.56 bits per heavy atom. The van der Waals surface area contributed by atoms with E-state index >= 15 is 0 Å². The topological polar surface area (TPSA) is 26.3 Å². The molecule has 0 aromatic heterocycles. The van der Waals surface area contributed by atoms with Crippen LogP contribution in [-0.2, 0) is 4.74 Å². The van der Waals surface area contributed by atoms with Crippen LogP contribution in [0.3, 0.4) is 0 Å². The van der Waals surface area contributed by atoms with Crippen molar-refractivity contribution in [1.82, 2.24) is 0 Å². The molecule has 0 fully saturated rings. The fourth-order valence-electron chi connectivity index (χ4n) is 1.41. The first-order valence-electron chi connectivity index (χ1n) is 5.60. The van der Waals surface area contributed by atoms with Gasteiger partial charge < -0.3 is 4.74 Å². The highest BCUT2D eigenvalue weighted by Gasteiger charge is 2.04. The van der Waals surface area contributed by atoms with Gasteiger partial charge in [0.15, 0.2) is 5.78 Å². The Balaban J connectivity index is 2.27. The van der Waals surface area contributed by atoms with Crippen LogP contribution in [0.2, 0.25) is 5.02 Å². The summed E-state index contributed by atoms with van der Waals surface area (Å²) in [5, 5.41) is 0.660. The first-order valence-corrected chi connectivity index (χ1v) is 5.98. The molecule has 0 amide bonds. The van der Waals surface area contributed by atoms with Crippen molar-refractivity contribution in [1.29, 1.82) is 0 Å². The summed E-state index contributed by atoms with van der Waals surface area (Å²) in [5.74, 6) is 0.174. The van der Waals surface area contributed by atoms with Crippen molar-refractivity contribution in [3.8, 4) is 0 Å². The number of ketones is 1. The summed E-state index contributed by atoms with van der Waals surface area (Å²) < 4.78 is 5.21. The number of Topliss-reactive ketones (excluding diaryl/α,β-unsaturated/α-hetero) is 1. The normalized spacial score (nSPS) is 10.4. The number of halogens is 1. The Labute approximate surface area is 102 Å². The van der Waals surface area contributed by atoms with Gasteiger partial charge in [0.1, 0.15) is 0 Å². The molecular formula is C13H17ClO2. The lowest BCUT2D eigenvalue weighted by Gasteiger charge is -2.02. The molecule has 0 aliphatic rings. The Morgan fingerprint density at radius 1 is 1.25 bits per heavy atom. The van der Waals surface area contributed by atoms with E-state index in [1.165, 1.54) is 0 Å². The van der Waals surface area contributed by atoms with E-state index < -0.39 is 0 Å². The van der Waals surface area contributed by atoms with Crippen molar-refractivity contribution in [2.45, 2.75) is 26.2 Å². The van der Waals surface area contributed by atoms with Crippen LogP contribution < -0.4 is 0 Å². The van der Waals surface area contributed by atoms with E-state index in [2.05, 4.69) is 0 Å². The number of hydrogen-bond acceptors (Lipinski definition) is 2. The van der Waals surface area contributed by atoms with E-state index in [1.807, 2.05) is 6.92 Å². The second-order valence-corrected chi connectivity index (χ2v) is 4.02. The van der Waals surface area contributed by atoms with E-state index in [1.54, 1.807) is 24.3 Å². The van der Waals surface area contributed by atoms with Gasteiger partial charge in [-0.2, -0.15) is 0 Å². The van der Waals surface area contributed by atoms with Gasteiger partial charge in [0.05, 0.1) is 0 Å². The number of ether oxygens (including phenoxy) is 1. The second-order valence-electron chi connectivity index (χ2n) is 3.58. The quantitative estimate of drug-likeness (QED) is 0.536. The third kappa shape index (κ3) is 4.77. The highest BCUT2D eigenvalue weighted by molar-refractivity contribution is 6.30. The molecule has 88 valence electrons. The molecule has 2 nitrogen and oxygen atoms in total. The van der Waals surface area contributed by atoms with Crippen molar-refractivity contribution < 1.29 is 9.53 Å². The largest absolute Gasteiger partial charge is 0.382 e. The van der Waals surface area contributed by atoms with Crippen LogP contribution >= 0.6 is 11.6 Å². The second kappa shape index (κ2) is 7.42. The van der Waals surface area contributed by atoms with Crippen LogP contribution in [0.1, 0.15) is 36.5 Å². The van der Waals surface area contributed by atoms with Crippen molar-refractivity contribution >= 4 is 17.4 Å². The van der Waals surface area contributed by atoms with Crippen LogP contribution in [-0.4, -0.2) is 19.0 Å². The number of carbonyl (C=O) groups excluding carboxylic acids is 1. The minimum absolute atomic E-state index is 0.174. The minimum Gasteiger partial charge on any atom is -0.382 e. The molecule has 0 spiro atoms. The molecule has 0 bridgehead atoms. The number of benzene rings is 1. The van der Waals surface area contributed by atoms with Crippen LogP contribution in [0.25, 0.3) is 0 Å². The molecule has 0 aliphatic carbocycles. The van der Waals surface area contributed by atoms with E-state index in [-0.39, 0.29) is 5.78 Å². The summed E-state index contributed by atoms with van der Waals surface area (Å²) in [7, 11) is 0. The molecule has 0 radical (unpaired) electrons. The van der Waals surface area contributed by atoms with Crippen molar-refractivity contribution in [2.24, 2.45) is 0 Å². The molecule has 1 aromatic rings. The average molecular weight is 241 g/mol. The van der Waals surface area contributed by atoms with Gasteiger partial charge in [0.2, 0.25) is 0 Å². The molecule has 0 saturated heterocycles. The molecular weight excluding hydrogens is 224 g/mol. The fraction of sp³-hybridized carbons (Fsp3) is 0.462. The van der Waals surface area contributed by atoms with E-state index in [0.29, 0.717) is 11.4 Å². The smallest absolute Gasteiger partial charge is 0.162 e. The summed E-state index contributed by atoms with van der Waals surface area (Å²) in [6.07, 6.45) is 2.39. The van der Waals surface area contributed by atoms with Crippen LogP contribution in [0.4, 0.5) is 0 Å². The third-order valence-corrected chi connectivity index (χ3v) is 2.56. The van der Waals surface area contributed by atoms with Gasteiger partial charge in [-0.05, 0) is 44.0 Å². The summed E-state index contributed by atoms with van der Waals surface area (Å²) in [6.45, 7) is 3.45. The molecule has 1 aromatic carbocycles. The number of carbonyl (C=O) groups is 1. The average Bonchev–Trinajstić information content (AvgIpc) is 2.29. The van der Waals surface area contributed by atoms with Crippen LogP contribution in [0.15, 0.2) is 24.3 Å². The predicted octanol–water partition coefficient (Wildman–Crippen LogP) is 3.73. The van der Waals surface area contributed by atoms with E-state index in [4.69, 9.17) is 16.3 Å². The Hall–Kier alpha value is -0.860. The first-order chi connectivity index (χ1) is 7.74. The zero-order valence-electron chi connectivity index (χ0n) is 9.54. The molecule has 0 N–H and O–H groups in total. The zero-order valence-corrected chi connectivity index (χ0v) is 10.3. The lowest BCUT2D eigenvalue weighted by molar-refractivity contribution is 0.0970. The van der Waals surface area contributed by atoms with Crippen molar-refractivity contribution in [2.75, 3.05) is 13.2 Å². The van der Waals surface area contributed by atoms with Crippen LogP contribution in [0, 0.1) is 0 Å². The number of rotatable bonds is 7. The van der Waals surface area contributed by atoms with E-state index in [0.717, 1.165) is 31.6 Å². The Morgan fingerprint density at radius 2 is 1.94 bits per heavy atom. The SMILES string of the molecule is CCOCCCCC(=O)c1ccc(Cl)cc1. The first kappa shape index (κ1) is 13.2. The molecule has 1 rings (SSSR count). The lowest BCUT2D eigenvalue weighted by atomic mass is 10.1. The van der Waals surface area contributed by atoms with Crippen molar-refractivity contribution in [3.63, 3.8) is 0 Å². The highest BCUT2D eigenvalue weighted by atomic mass is 35.5. The molecule has 0 unspecified atom stereocenters. The Kier molecular flexibility index (Phi) is 6.12. The molecule has 16 heavy (non-hydrogen) atoms. The zero-order chi connectivity index (χ0) is 11.8. The summed E-state index contributed by atoms with van der Waals surface area (Å²) in [6, 6.07) is 7.03. The van der Waals surface area contributed by atoms with Gasteiger partial charge in [-0.3, -0.25) is 4.79 Å². The summed E-state index contributed by atoms with van der Waals surface area (Å²) in [4.78, 5) is 11.7. The minimum atomic E-state index is 0.174. The maximum Gasteiger partial charge on any atom is 0.162 e. The lowest BCUT2D eigenvalue weighted by Crippen LogP contribution is -2.00.